The predicted octanol–water partition coefficient (Wildman–Crippen LogP) is 2.64. The molecule has 1 aliphatic heterocycles. The molecule has 0 radical (unpaired) electrons. The highest BCUT2D eigenvalue weighted by Crippen LogP contribution is 2.35. The first-order valence-electron chi connectivity index (χ1n) is 7.23. The van der Waals surface area contributed by atoms with Gasteiger partial charge in [-0.2, -0.15) is 0 Å². The topological polar surface area (TPSA) is 41.1 Å². The molecule has 1 aliphatic rings. The average molecular weight is 278 g/mol. The van der Waals surface area contributed by atoms with Gasteiger partial charge in [0, 0.05) is 6.54 Å². The summed E-state index contributed by atoms with van der Waals surface area (Å²) in [4.78, 5) is 12.6. The highest BCUT2D eigenvalue weighted by molar-refractivity contribution is 5.84. The van der Waals surface area contributed by atoms with Crippen molar-refractivity contribution in [2.24, 2.45) is 11.3 Å². The molecular weight excluding hydrogens is 255 g/mol. The number of hydrogen-bond donors (Lipinski definition) is 2. The normalized spacial score (nSPS) is 23.9. The van der Waals surface area contributed by atoms with Crippen LogP contribution in [0.15, 0.2) is 24.3 Å². The molecule has 1 fully saturated rings. The van der Waals surface area contributed by atoms with E-state index in [0.717, 1.165) is 18.5 Å². The van der Waals surface area contributed by atoms with Gasteiger partial charge in [0.15, 0.2) is 0 Å². The fraction of sp³-hybridized carbons (Fsp3) is 0.562. The number of halogens is 1. The number of rotatable bonds is 4. The zero-order valence-electron chi connectivity index (χ0n) is 12.4. The van der Waals surface area contributed by atoms with E-state index in [1.807, 2.05) is 13.0 Å². The van der Waals surface area contributed by atoms with Crippen LogP contribution in [0.2, 0.25) is 0 Å². The quantitative estimate of drug-likeness (QED) is 0.889. The third-order valence-corrected chi connectivity index (χ3v) is 4.44. The van der Waals surface area contributed by atoms with Crippen molar-refractivity contribution in [3.05, 3.63) is 35.6 Å². The summed E-state index contributed by atoms with van der Waals surface area (Å²) in [7, 11) is 0. The summed E-state index contributed by atoms with van der Waals surface area (Å²) in [6, 6.07) is 6.20. The number of amides is 1. The Morgan fingerprint density at radius 1 is 1.40 bits per heavy atom. The Kier molecular flexibility index (Phi) is 4.43. The molecule has 0 spiro atoms. The number of hydrogen-bond acceptors (Lipinski definition) is 2. The molecule has 1 amide bonds. The lowest BCUT2D eigenvalue weighted by atomic mass is 9.75. The number of benzene rings is 1. The zero-order valence-corrected chi connectivity index (χ0v) is 12.4. The highest BCUT2D eigenvalue weighted by atomic mass is 19.1. The van der Waals surface area contributed by atoms with Crippen LogP contribution in [0.25, 0.3) is 0 Å². The molecule has 0 aromatic heterocycles. The summed E-state index contributed by atoms with van der Waals surface area (Å²) in [6.07, 6.45) is 0.854. The first-order chi connectivity index (χ1) is 9.45. The minimum Gasteiger partial charge on any atom is -0.349 e. The van der Waals surface area contributed by atoms with Crippen LogP contribution >= 0.6 is 0 Å². The smallest absolute Gasteiger partial charge is 0.228 e. The molecule has 2 rings (SSSR count). The van der Waals surface area contributed by atoms with Crippen LogP contribution < -0.4 is 10.6 Å². The molecular formula is C16H23FN2O. The standard InChI is InChI=1S/C16H23FN2O/c1-11(2)16(7-8-18-10-16)15(20)19-12(3)13-5-4-6-14(17)9-13/h4-6,9,11-12,18H,7-8,10H2,1-3H3,(H,19,20)/t12-,16?/m1/s1. The lowest BCUT2D eigenvalue weighted by Crippen LogP contribution is -2.46. The third kappa shape index (κ3) is 2.85. The van der Waals surface area contributed by atoms with Crippen LogP contribution in [0.3, 0.4) is 0 Å². The lowest BCUT2D eigenvalue weighted by Gasteiger charge is -2.32. The lowest BCUT2D eigenvalue weighted by molar-refractivity contribution is -0.133. The van der Waals surface area contributed by atoms with Crippen LogP contribution in [0.1, 0.15) is 38.8 Å². The molecule has 0 bridgehead atoms. The monoisotopic (exact) mass is 278 g/mol. The van der Waals surface area contributed by atoms with E-state index >= 15 is 0 Å². The summed E-state index contributed by atoms with van der Waals surface area (Å²) < 4.78 is 13.2. The first-order valence-corrected chi connectivity index (χ1v) is 7.23. The highest BCUT2D eigenvalue weighted by Gasteiger charge is 2.44. The summed E-state index contributed by atoms with van der Waals surface area (Å²) in [5.41, 5.74) is 0.449. The fourth-order valence-corrected chi connectivity index (χ4v) is 2.86. The molecule has 4 heteroatoms. The van der Waals surface area contributed by atoms with E-state index < -0.39 is 0 Å². The summed E-state index contributed by atoms with van der Waals surface area (Å²) in [5.74, 6) is 0.0659. The summed E-state index contributed by atoms with van der Waals surface area (Å²) in [6.45, 7) is 7.65. The van der Waals surface area contributed by atoms with Crippen molar-refractivity contribution < 1.29 is 9.18 Å². The molecule has 3 nitrogen and oxygen atoms in total. The van der Waals surface area contributed by atoms with Gasteiger partial charge in [-0.1, -0.05) is 26.0 Å². The largest absolute Gasteiger partial charge is 0.349 e. The molecule has 1 heterocycles. The maximum atomic E-state index is 13.2. The Balaban J connectivity index is 2.10. The summed E-state index contributed by atoms with van der Waals surface area (Å²) in [5, 5.41) is 6.32. The molecule has 1 aromatic rings. The van der Waals surface area contributed by atoms with Gasteiger partial charge in [0.05, 0.1) is 11.5 Å². The van der Waals surface area contributed by atoms with Crippen molar-refractivity contribution in [2.75, 3.05) is 13.1 Å². The van der Waals surface area contributed by atoms with Gasteiger partial charge in [0.1, 0.15) is 5.82 Å². The van der Waals surface area contributed by atoms with E-state index in [9.17, 15) is 9.18 Å². The van der Waals surface area contributed by atoms with Gasteiger partial charge in [0.25, 0.3) is 0 Å². The van der Waals surface area contributed by atoms with E-state index in [1.54, 1.807) is 6.07 Å². The molecule has 0 aliphatic carbocycles. The van der Waals surface area contributed by atoms with Crippen molar-refractivity contribution in [1.29, 1.82) is 0 Å². The molecule has 1 aromatic carbocycles. The van der Waals surface area contributed by atoms with Crippen LogP contribution in [-0.4, -0.2) is 19.0 Å². The molecule has 2 N–H and O–H groups in total. The zero-order chi connectivity index (χ0) is 14.8. The maximum absolute atomic E-state index is 13.2. The van der Waals surface area contributed by atoms with Crippen molar-refractivity contribution >= 4 is 5.91 Å². The van der Waals surface area contributed by atoms with E-state index in [1.165, 1.54) is 12.1 Å². The molecule has 2 atom stereocenters. The third-order valence-electron chi connectivity index (χ3n) is 4.44. The van der Waals surface area contributed by atoms with Crippen molar-refractivity contribution in [2.45, 2.75) is 33.2 Å². The molecule has 1 unspecified atom stereocenters. The first kappa shape index (κ1) is 15.0. The molecule has 110 valence electrons. The van der Waals surface area contributed by atoms with Gasteiger partial charge in [-0.15, -0.1) is 0 Å². The Hall–Kier alpha value is -1.42. The average Bonchev–Trinajstić information content (AvgIpc) is 2.89. The van der Waals surface area contributed by atoms with Gasteiger partial charge in [0.2, 0.25) is 5.91 Å². The molecule has 0 saturated carbocycles. The van der Waals surface area contributed by atoms with Crippen molar-refractivity contribution in [1.82, 2.24) is 10.6 Å². The van der Waals surface area contributed by atoms with Crippen LogP contribution in [0, 0.1) is 17.2 Å². The predicted molar refractivity (Wildman–Crippen MR) is 77.7 cm³/mol. The van der Waals surface area contributed by atoms with Crippen LogP contribution in [0.4, 0.5) is 4.39 Å². The Morgan fingerprint density at radius 2 is 2.15 bits per heavy atom. The van der Waals surface area contributed by atoms with Gasteiger partial charge >= 0.3 is 0 Å². The van der Waals surface area contributed by atoms with E-state index in [2.05, 4.69) is 24.5 Å². The SMILES string of the molecule is CC(C)C1(C(=O)N[C@H](C)c2cccc(F)c2)CCNC1. The Bertz CT molecular complexity index is 481. The molecule has 1 saturated heterocycles. The van der Waals surface area contributed by atoms with Crippen molar-refractivity contribution in [3.63, 3.8) is 0 Å². The second-order valence-corrected chi connectivity index (χ2v) is 5.99. The Labute approximate surface area is 120 Å². The van der Waals surface area contributed by atoms with E-state index in [0.29, 0.717) is 6.54 Å². The van der Waals surface area contributed by atoms with Crippen molar-refractivity contribution in [3.8, 4) is 0 Å². The number of nitrogens with one attached hydrogen (secondary N) is 2. The summed E-state index contributed by atoms with van der Waals surface area (Å²) >= 11 is 0. The van der Waals surface area contributed by atoms with E-state index in [4.69, 9.17) is 0 Å². The molecule has 20 heavy (non-hydrogen) atoms. The second kappa shape index (κ2) is 5.92. The van der Waals surface area contributed by atoms with Crippen LogP contribution in [-0.2, 0) is 4.79 Å². The Morgan fingerprint density at radius 3 is 2.70 bits per heavy atom. The van der Waals surface area contributed by atoms with Gasteiger partial charge < -0.3 is 10.6 Å². The minimum absolute atomic E-state index is 0.0641. The minimum atomic E-state index is -0.346. The number of carbonyl (C=O) groups excluding carboxylic acids is 1. The van der Waals surface area contributed by atoms with E-state index in [-0.39, 0.29) is 29.1 Å². The van der Waals surface area contributed by atoms with Gasteiger partial charge in [-0.3, -0.25) is 4.79 Å². The van der Waals surface area contributed by atoms with Gasteiger partial charge in [-0.25, -0.2) is 4.39 Å². The van der Waals surface area contributed by atoms with Gasteiger partial charge in [-0.05, 0) is 43.5 Å². The number of carbonyl (C=O) groups is 1. The maximum Gasteiger partial charge on any atom is 0.228 e. The van der Waals surface area contributed by atoms with Crippen LogP contribution in [0.5, 0.6) is 0 Å². The fourth-order valence-electron chi connectivity index (χ4n) is 2.86. The second-order valence-electron chi connectivity index (χ2n) is 5.99.